The average Bonchev–Trinajstić information content (AvgIpc) is 3.19. The van der Waals surface area contributed by atoms with Gasteiger partial charge in [-0.25, -0.2) is 0 Å². The fourth-order valence-electron chi connectivity index (χ4n) is 4.31. The molecule has 0 N–H and O–H groups in total. The summed E-state index contributed by atoms with van der Waals surface area (Å²) < 4.78 is 2.09. The van der Waals surface area contributed by atoms with Crippen LogP contribution in [0, 0.1) is 0 Å². The zero-order valence-electron chi connectivity index (χ0n) is 15.5. The number of anilines is 1. The first-order chi connectivity index (χ1) is 12.6. The zero-order valence-corrected chi connectivity index (χ0v) is 16.3. The lowest BCUT2D eigenvalue weighted by molar-refractivity contribution is -0.116. The summed E-state index contributed by atoms with van der Waals surface area (Å²) in [6, 6.07) is 8.43. The fraction of sp³-hybridized carbons (Fsp3) is 0.550. The van der Waals surface area contributed by atoms with Gasteiger partial charge >= 0.3 is 0 Å². The SMILES string of the molecule is CC1Cc2ccccc2N1C(=O)CSc1nnc(C2CCCCC2)n1C. The summed E-state index contributed by atoms with van der Waals surface area (Å²) in [6.45, 7) is 2.12. The lowest BCUT2D eigenvalue weighted by Gasteiger charge is -2.22. The number of benzene rings is 1. The van der Waals surface area contributed by atoms with Crippen LogP contribution in [0.15, 0.2) is 29.4 Å². The van der Waals surface area contributed by atoms with Crippen molar-refractivity contribution in [3.8, 4) is 0 Å². The van der Waals surface area contributed by atoms with Crippen molar-refractivity contribution < 1.29 is 4.79 Å². The molecule has 1 aromatic heterocycles. The first-order valence-corrected chi connectivity index (χ1v) is 10.6. The Bertz CT molecular complexity index is 797. The quantitative estimate of drug-likeness (QED) is 0.765. The van der Waals surface area contributed by atoms with Crippen LogP contribution in [0.3, 0.4) is 0 Å². The number of aromatic nitrogens is 3. The molecule has 2 heterocycles. The van der Waals surface area contributed by atoms with Crippen molar-refractivity contribution in [1.82, 2.24) is 14.8 Å². The van der Waals surface area contributed by atoms with Crippen molar-refractivity contribution in [2.24, 2.45) is 7.05 Å². The van der Waals surface area contributed by atoms with Crippen molar-refractivity contribution in [2.75, 3.05) is 10.7 Å². The number of fused-ring (bicyclic) bond motifs is 1. The summed E-state index contributed by atoms with van der Waals surface area (Å²) in [5.74, 6) is 2.15. The van der Waals surface area contributed by atoms with Gasteiger partial charge in [0.2, 0.25) is 5.91 Å². The van der Waals surface area contributed by atoms with Gasteiger partial charge in [0, 0.05) is 24.7 Å². The maximum absolute atomic E-state index is 12.9. The van der Waals surface area contributed by atoms with E-state index in [0.717, 1.165) is 23.1 Å². The molecule has 5 nitrogen and oxygen atoms in total. The first-order valence-electron chi connectivity index (χ1n) is 9.57. The van der Waals surface area contributed by atoms with Crippen molar-refractivity contribution in [1.29, 1.82) is 0 Å². The van der Waals surface area contributed by atoms with Gasteiger partial charge in [0.1, 0.15) is 5.82 Å². The highest BCUT2D eigenvalue weighted by Crippen LogP contribution is 2.34. The molecule has 0 spiro atoms. The van der Waals surface area contributed by atoms with Gasteiger partial charge in [-0.05, 0) is 37.8 Å². The summed E-state index contributed by atoms with van der Waals surface area (Å²) in [4.78, 5) is 14.8. The lowest BCUT2D eigenvalue weighted by Crippen LogP contribution is -2.37. The van der Waals surface area contributed by atoms with E-state index in [4.69, 9.17) is 0 Å². The number of rotatable bonds is 4. The number of thioether (sulfide) groups is 1. The van der Waals surface area contributed by atoms with Gasteiger partial charge in [0.15, 0.2) is 5.16 Å². The number of nitrogens with zero attached hydrogens (tertiary/aromatic N) is 4. The molecule has 1 aliphatic heterocycles. The summed E-state index contributed by atoms with van der Waals surface area (Å²) in [5.41, 5.74) is 2.32. The van der Waals surface area contributed by atoms with E-state index in [1.807, 2.05) is 30.1 Å². The normalized spacial score (nSPS) is 20.4. The van der Waals surface area contributed by atoms with E-state index in [9.17, 15) is 4.79 Å². The highest BCUT2D eigenvalue weighted by atomic mass is 32.2. The van der Waals surface area contributed by atoms with Crippen molar-refractivity contribution in [3.05, 3.63) is 35.7 Å². The van der Waals surface area contributed by atoms with Crippen LogP contribution in [0.2, 0.25) is 0 Å². The highest BCUT2D eigenvalue weighted by Gasteiger charge is 2.30. The number of carbonyl (C=O) groups is 1. The Kier molecular flexibility index (Phi) is 5.02. The number of carbonyl (C=O) groups excluding carboxylic acids is 1. The van der Waals surface area contributed by atoms with E-state index in [-0.39, 0.29) is 11.9 Å². The highest BCUT2D eigenvalue weighted by molar-refractivity contribution is 7.99. The molecule has 1 aromatic carbocycles. The van der Waals surface area contributed by atoms with Crippen molar-refractivity contribution in [2.45, 2.75) is 62.6 Å². The van der Waals surface area contributed by atoms with Gasteiger partial charge in [-0.3, -0.25) is 4.79 Å². The molecule has 26 heavy (non-hydrogen) atoms. The second kappa shape index (κ2) is 7.43. The van der Waals surface area contributed by atoms with Gasteiger partial charge in [-0.2, -0.15) is 0 Å². The third-order valence-electron chi connectivity index (χ3n) is 5.64. The maximum atomic E-state index is 12.9. The minimum atomic E-state index is 0.148. The molecule has 1 saturated carbocycles. The second-order valence-electron chi connectivity index (χ2n) is 7.47. The predicted octanol–water partition coefficient (Wildman–Crippen LogP) is 3.93. The largest absolute Gasteiger partial charge is 0.309 e. The van der Waals surface area contributed by atoms with Crippen LogP contribution in [0.25, 0.3) is 0 Å². The van der Waals surface area contributed by atoms with Gasteiger partial charge < -0.3 is 9.47 Å². The Balaban J connectivity index is 1.43. The van der Waals surface area contributed by atoms with Crippen LogP contribution >= 0.6 is 11.8 Å². The van der Waals surface area contributed by atoms with Crippen LogP contribution in [0.1, 0.15) is 56.3 Å². The molecular weight excluding hydrogens is 344 g/mol. The summed E-state index contributed by atoms with van der Waals surface area (Å²) >= 11 is 1.50. The second-order valence-corrected chi connectivity index (χ2v) is 8.41. The third-order valence-corrected chi connectivity index (χ3v) is 6.64. The van der Waals surface area contributed by atoms with Crippen LogP contribution in [0.5, 0.6) is 0 Å². The number of hydrogen-bond acceptors (Lipinski definition) is 4. The molecule has 138 valence electrons. The van der Waals surface area contributed by atoms with E-state index in [0.29, 0.717) is 11.7 Å². The molecule has 0 bridgehead atoms. The molecule has 1 aliphatic carbocycles. The molecule has 2 aromatic rings. The third kappa shape index (κ3) is 3.27. The fourth-order valence-corrected chi connectivity index (χ4v) is 5.09. The maximum Gasteiger partial charge on any atom is 0.237 e. The Morgan fingerprint density at radius 2 is 1.96 bits per heavy atom. The monoisotopic (exact) mass is 370 g/mol. The Hall–Kier alpha value is -1.82. The topological polar surface area (TPSA) is 51.0 Å². The van der Waals surface area contributed by atoms with Crippen LogP contribution in [-0.4, -0.2) is 32.5 Å². The van der Waals surface area contributed by atoms with Gasteiger partial charge in [0.25, 0.3) is 0 Å². The van der Waals surface area contributed by atoms with Crippen molar-refractivity contribution in [3.63, 3.8) is 0 Å². The Morgan fingerprint density at radius 1 is 1.19 bits per heavy atom. The molecule has 6 heteroatoms. The van der Waals surface area contributed by atoms with E-state index in [2.05, 4.69) is 27.8 Å². The first kappa shape index (κ1) is 17.6. The smallest absolute Gasteiger partial charge is 0.237 e. The zero-order chi connectivity index (χ0) is 18.1. The van der Waals surface area contributed by atoms with Crippen LogP contribution in [-0.2, 0) is 18.3 Å². The van der Waals surface area contributed by atoms with Gasteiger partial charge in [-0.1, -0.05) is 49.2 Å². The molecular formula is C20H26N4OS. The van der Waals surface area contributed by atoms with E-state index in [1.165, 1.54) is 49.4 Å². The number of amides is 1. The van der Waals surface area contributed by atoms with E-state index < -0.39 is 0 Å². The minimum Gasteiger partial charge on any atom is -0.309 e. The Morgan fingerprint density at radius 3 is 2.77 bits per heavy atom. The molecule has 4 rings (SSSR count). The molecule has 2 aliphatic rings. The minimum absolute atomic E-state index is 0.148. The molecule has 1 unspecified atom stereocenters. The van der Waals surface area contributed by atoms with Crippen LogP contribution in [0.4, 0.5) is 5.69 Å². The van der Waals surface area contributed by atoms with Gasteiger partial charge in [0.05, 0.1) is 5.75 Å². The predicted molar refractivity (Wildman–Crippen MR) is 105 cm³/mol. The van der Waals surface area contributed by atoms with Crippen LogP contribution < -0.4 is 4.90 Å². The van der Waals surface area contributed by atoms with Crippen molar-refractivity contribution >= 4 is 23.4 Å². The summed E-state index contributed by atoms with van der Waals surface area (Å²) in [6.07, 6.45) is 7.24. The average molecular weight is 371 g/mol. The summed E-state index contributed by atoms with van der Waals surface area (Å²) in [5, 5.41) is 9.64. The molecule has 0 saturated heterocycles. The lowest BCUT2D eigenvalue weighted by atomic mass is 9.89. The summed E-state index contributed by atoms with van der Waals surface area (Å²) in [7, 11) is 2.03. The molecule has 1 atom stereocenters. The molecule has 0 radical (unpaired) electrons. The standard InChI is InChI=1S/C20H26N4OS/c1-14-12-16-10-6-7-11-17(16)24(14)18(25)13-26-20-22-21-19(23(20)2)15-8-4-3-5-9-15/h6-7,10-11,14-15H,3-5,8-9,12-13H2,1-2H3. The van der Waals surface area contributed by atoms with Gasteiger partial charge in [-0.15, -0.1) is 10.2 Å². The Labute approximate surface area is 159 Å². The van der Waals surface area contributed by atoms with E-state index >= 15 is 0 Å². The number of hydrogen-bond donors (Lipinski definition) is 0. The molecule has 1 fully saturated rings. The number of para-hydroxylation sites is 1. The van der Waals surface area contributed by atoms with E-state index in [1.54, 1.807) is 0 Å². The molecule has 1 amide bonds.